The third kappa shape index (κ3) is 10.1. The van der Waals surface area contributed by atoms with Crippen LogP contribution < -0.4 is 20.1 Å². The third-order valence-electron chi connectivity index (χ3n) is 4.61. The second kappa shape index (κ2) is 15.4. The molecular weight excluding hydrogens is 511 g/mol. The SMILES string of the molecule is CN=C(NCCCOCC1CCOCC1)NCc1cc(OC)ccc1OC(F)F.I. The topological polar surface area (TPSA) is 73.3 Å². The van der Waals surface area contributed by atoms with Crippen molar-refractivity contribution in [1.29, 1.82) is 0 Å². The van der Waals surface area contributed by atoms with E-state index in [2.05, 4.69) is 20.4 Å². The van der Waals surface area contributed by atoms with E-state index in [1.807, 2.05) is 0 Å². The number of hydrogen-bond acceptors (Lipinski definition) is 5. The highest BCUT2D eigenvalue weighted by Crippen LogP contribution is 2.25. The normalized spacial score (nSPS) is 14.9. The molecular formula is C20H32F2IN3O4. The number of methoxy groups -OCH3 is 1. The van der Waals surface area contributed by atoms with Crippen LogP contribution in [0, 0.1) is 5.92 Å². The minimum Gasteiger partial charge on any atom is -0.497 e. The van der Waals surface area contributed by atoms with Gasteiger partial charge in [-0.1, -0.05) is 0 Å². The van der Waals surface area contributed by atoms with Crippen LogP contribution in [-0.2, 0) is 16.0 Å². The molecule has 30 heavy (non-hydrogen) atoms. The average Bonchev–Trinajstić information content (AvgIpc) is 2.74. The Kier molecular flexibility index (Phi) is 13.7. The van der Waals surface area contributed by atoms with E-state index in [4.69, 9.17) is 14.2 Å². The minimum atomic E-state index is -2.89. The van der Waals surface area contributed by atoms with E-state index in [-0.39, 0.29) is 36.3 Å². The fourth-order valence-corrected chi connectivity index (χ4v) is 2.98. The van der Waals surface area contributed by atoms with Crippen molar-refractivity contribution in [2.45, 2.75) is 32.4 Å². The zero-order chi connectivity index (χ0) is 20.9. The van der Waals surface area contributed by atoms with Gasteiger partial charge in [0.25, 0.3) is 0 Å². The van der Waals surface area contributed by atoms with Crippen molar-refractivity contribution >= 4 is 29.9 Å². The Balaban J connectivity index is 0.00000450. The van der Waals surface area contributed by atoms with Crippen LogP contribution >= 0.6 is 24.0 Å². The van der Waals surface area contributed by atoms with E-state index in [1.54, 1.807) is 19.2 Å². The molecule has 2 rings (SSSR count). The van der Waals surface area contributed by atoms with Crippen LogP contribution in [0.4, 0.5) is 8.78 Å². The number of aliphatic imine (C=N–C) groups is 1. The third-order valence-corrected chi connectivity index (χ3v) is 4.61. The van der Waals surface area contributed by atoms with Gasteiger partial charge in [0.1, 0.15) is 11.5 Å². The Bertz CT molecular complexity index is 632. The first-order chi connectivity index (χ1) is 14.1. The first-order valence-electron chi connectivity index (χ1n) is 9.84. The molecule has 2 N–H and O–H groups in total. The highest BCUT2D eigenvalue weighted by Gasteiger charge is 2.14. The number of nitrogens with zero attached hydrogens (tertiary/aromatic N) is 1. The van der Waals surface area contributed by atoms with Crippen molar-refractivity contribution < 1.29 is 27.7 Å². The zero-order valence-corrected chi connectivity index (χ0v) is 19.8. The number of ether oxygens (including phenoxy) is 4. The van der Waals surface area contributed by atoms with Gasteiger partial charge in [-0.25, -0.2) is 0 Å². The van der Waals surface area contributed by atoms with E-state index in [9.17, 15) is 8.78 Å². The molecule has 0 saturated carbocycles. The summed E-state index contributed by atoms with van der Waals surface area (Å²) < 4.78 is 46.0. The van der Waals surface area contributed by atoms with Crippen molar-refractivity contribution in [3.8, 4) is 11.5 Å². The Morgan fingerprint density at radius 1 is 1.27 bits per heavy atom. The molecule has 1 aromatic rings. The molecule has 172 valence electrons. The predicted octanol–water partition coefficient (Wildman–Crippen LogP) is 3.41. The molecule has 0 spiro atoms. The molecule has 1 saturated heterocycles. The molecule has 0 aromatic heterocycles. The van der Waals surface area contributed by atoms with Gasteiger partial charge in [0, 0.05) is 52.1 Å². The Hall–Kier alpha value is -1.40. The van der Waals surface area contributed by atoms with Crippen molar-refractivity contribution in [3.63, 3.8) is 0 Å². The summed E-state index contributed by atoms with van der Waals surface area (Å²) in [4.78, 5) is 4.15. The van der Waals surface area contributed by atoms with Crippen LogP contribution in [0.2, 0.25) is 0 Å². The van der Waals surface area contributed by atoms with Gasteiger partial charge in [0.15, 0.2) is 5.96 Å². The lowest BCUT2D eigenvalue weighted by Crippen LogP contribution is -2.37. The molecule has 7 nitrogen and oxygen atoms in total. The second-order valence-electron chi connectivity index (χ2n) is 6.69. The number of hydrogen-bond donors (Lipinski definition) is 2. The molecule has 0 atom stereocenters. The maximum atomic E-state index is 12.6. The Morgan fingerprint density at radius 2 is 2.03 bits per heavy atom. The van der Waals surface area contributed by atoms with Crippen molar-refractivity contribution in [2.75, 3.05) is 47.1 Å². The molecule has 0 radical (unpaired) electrons. The van der Waals surface area contributed by atoms with Crippen LogP contribution in [-0.4, -0.2) is 59.7 Å². The number of rotatable bonds is 11. The molecule has 10 heteroatoms. The first-order valence-corrected chi connectivity index (χ1v) is 9.84. The molecule has 1 aliphatic rings. The van der Waals surface area contributed by atoms with E-state index < -0.39 is 6.61 Å². The molecule has 1 aliphatic heterocycles. The Labute approximate surface area is 193 Å². The largest absolute Gasteiger partial charge is 0.497 e. The van der Waals surface area contributed by atoms with E-state index >= 15 is 0 Å². The van der Waals surface area contributed by atoms with Crippen LogP contribution in [0.1, 0.15) is 24.8 Å². The molecule has 0 amide bonds. The van der Waals surface area contributed by atoms with Gasteiger partial charge in [0.05, 0.1) is 7.11 Å². The van der Waals surface area contributed by atoms with Crippen molar-refractivity contribution in [2.24, 2.45) is 10.9 Å². The number of halogens is 3. The lowest BCUT2D eigenvalue weighted by Gasteiger charge is -2.21. The van der Waals surface area contributed by atoms with Gasteiger partial charge >= 0.3 is 6.61 Å². The highest BCUT2D eigenvalue weighted by atomic mass is 127. The van der Waals surface area contributed by atoms with E-state index in [1.165, 1.54) is 13.2 Å². The van der Waals surface area contributed by atoms with Gasteiger partial charge in [-0.05, 0) is 43.4 Å². The van der Waals surface area contributed by atoms with Crippen LogP contribution in [0.15, 0.2) is 23.2 Å². The van der Waals surface area contributed by atoms with Crippen molar-refractivity contribution in [1.82, 2.24) is 10.6 Å². The summed E-state index contributed by atoms with van der Waals surface area (Å²) in [5, 5.41) is 6.28. The molecule has 1 heterocycles. The number of nitrogens with one attached hydrogen (secondary N) is 2. The summed E-state index contributed by atoms with van der Waals surface area (Å²) in [7, 11) is 3.17. The van der Waals surface area contributed by atoms with Crippen molar-refractivity contribution in [3.05, 3.63) is 23.8 Å². The first kappa shape index (κ1) is 26.6. The van der Waals surface area contributed by atoms with Crippen LogP contribution in [0.3, 0.4) is 0 Å². The second-order valence-corrected chi connectivity index (χ2v) is 6.69. The highest BCUT2D eigenvalue weighted by molar-refractivity contribution is 14.0. The van der Waals surface area contributed by atoms with Gasteiger partial charge < -0.3 is 29.6 Å². The molecule has 1 fully saturated rings. The fraction of sp³-hybridized carbons (Fsp3) is 0.650. The number of benzene rings is 1. The summed E-state index contributed by atoms with van der Waals surface area (Å²) in [6.45, 7) is 1.17. The maximum absolute atomic E-state index is 12.6. The number of alkyl halides is 2. The van der Waals surface area contributed by atoms with Gasteiger partial charge in [-0.3, -0.25) is 4.99 Å². The zero-order valence-electron chi connectivity index (χ0n) is 17.5. The van der Waals surface area contributed by atoms with Gasteiger partial charge in [-0.15, -0.1) is 24.0 Å². The average molecular weight is 543 g/mol. The summed E-state index contributed by atoms with van der Waals surface area (Å²) in [5.41, 5.74) is 0.549. The minimum absolute atomic E-state index is 0. The van der Waals surface area contributed by atoms with Crippen LogP contribution in [0.25, 0.3) is 0 Å². The molecule has 0 aliphatic carbocycles. The summed E-state index contributed by atoms with van der Waals surface area (Å²) in [6, 6.07) is 4.70. The van der Waals surface area contributed by atoms with E-state index in [0.29, 0.717) is 36.3 Å². The predicted molar refractivity (Wildman–Crippen MR) is 122 cm³/mol. The van der Waals surface area contributed by atoms with Gasteiger partial charge in [0.2, 0.25) is 0 Å². The lowest BCUT2D eigenvalue weighted by atomic mass is 10.0. The standard InChI is InChI=1S/C20H31F2N3O4.HI/c1-23-20(24-8-3-9-28-14-15-6-10-27-11-7-15)25-13-16-12-17(26-2)4-5-18(16)29-19(21)22;/h4-5,12,15,19H,3,6-11,13-14H2,1-2H3,(H2,23,24,25);1H. The lowest BCUT2D eigenvalue weighted by molar-refractivity contribution is -0.0505. The molecule has 1 aromatic carbocycles. The maximum Gasteiger partial charge on any atom is 0.387 e. The quantitative estimate of drug-likeness (QED) is 0.193. The fourth-order valence-electron chi connectivity index (χ4n) is 2.98. The summed E-state index contributed by atoms with van der Waals surface area (Å²) in [5.74, 6) is 1.83. The smallest absolute Gasteiger partial charge is 0.387 e. The van der Waals surface area contributed by atoms with Gasteiger partial charge in [-0.2, -0.15) is 8.78 Å². The monoisotopic (exact) mass is 543 g/mol. The summed E-state index contributed by atoms with van der Waals surface area (Å²) in [6.07, 6.45) is 2.97. The van der Waals surface area contributed by atoms with E-state index in [0.717, 1.165) is 39.1 Å². The summed E-state index contributed by atoms with van der Waals surface area (Å²) >= 11 is 0. The Morgan fingerprint density at radius 3 is 2.70 bits per heavy atom. The molecule has 0 bridgehead atoms. The number of guanidine groups is 1. The molecule has 0 unspecified atom stereocenters. The van der Waals surface area contributed by atoms with Crippen LogP contribution in [0.5, 0.6) is 11.5 Å².